The molecule has 1 fully saturated rings. The highest BCUT2D eigenvalue weighted by Crippen LogP contribution is 2.40. The number of aromatic nitrogens is 3. The van der Waals surface area contributed by atoms with Crippen molar-refractivity contribution in [3.8, 4) is 0 Å². The van der Waals surface area contributed by atoms with Gasteiger partial charge in [0, 0.05) is 37.1 Å². The summed E-state index contributed by atoms with van der Waals surface area (Å²) in [6.07, 6.45) is -0.224. The van der Waals surface area contributed by atoms with E-state index in [-0.39, 0.29) is 40.9 Å². The van der Waals surface area contributed by atoms with E-state index in [9.17, 15) is 18.0 Å². The maximum absolute atomic E-state index is 13.6. The second kappa shape index (κ2) is 6.88. The number of halogens is 3. The van der Waals surface area contributed by atoms with Crippen LogP contribution >= 0.6 is 0 Å². The first-order chi connectivity index (χ1) is 13.3. The van der Waals surface area contributed by atoms with E-state index in [2.05, 4.69) is 15.1 Å². The molecule has 3 aromatic rings. The molecule has 1 amide bonds. The molecule has 0 radical (unpaired) electrons. The van der Waals surface area contributed by atoms with Crippen LogP contribution in [0.25, 0.3) is 11.1 Å². The summed E-state index contributed by atoms with van der Waals surface area (Å²) in [4.78, 5) is 22.3. The molecular formula is C19H17F3N4O2. The minimum Gasteiger partial charge on any atom is -0.338 e. The Kier molecular flexibility index (Phi) is 4.52. The highest BCUT2D eigenvalue weighted by atomic mass is 19.4. The first-order valence-corrected chi connectivity index (χ1v) is 8.88. The summed E-state index contributed by atoms with van der Waals surface area (Å²) in [6.45, 7) is 2.27. The maximum atomic E-state index is 13.6. The van der Waals surface area contributed by atoms with Crippen molar-refractivity contribution < 1.29 is 22.5 Å². The third-order valence-electron chi connectivity index (χ3n) is 4.91. The van der Waals surface area contributed by atoms with E-state index < -0.39 is 11.7 Å². The van der Waals surface area contributed by atoms with Gasteiger partial charge in [-0.05, 0) is 38.0 Å². The van der Waals surface area contributed by atoms with E-state index >= 15 is 0 Å². The fourth-order valence-electron chi connectivity index (χ4n) is 3.66. The van der Waals surface area contributed by atoms with Gasteiger partial charge in [0.2, 0.25) is 0 Å². The van der Waals surface area contributed by atoms with Crippen LogP contribution < -0.4 is 0 Å². The molecule has 1 saturated heterocycles. The number of rotatable bonds is 2. The van der Waals surface area contributed by atoms with Crippen molar-refractivity contribution in [3.05, 3.63) is 53.1 Å². The van der Waals surface area contributed by atoms with Gasteiger partial charge in [0.25, 0.3) is 11.6 Å². The number of likely N-dealkylation sites (tertiary alicyclic amines) is 1. The van der Waals surface area contributed by atoms with Crippen LogP contribution in [-0.4, -0.2) is 39.0 Å². The Balaban J connectivity index is 1.69. The maximum Gasteiger partial charge on any atom is 0.417 e. The number of hydrogen-bond acceptors (Lipinski definition) is 5. The molecule has 146 valence electrons. The van der Waals surface area contributed by atoms with Gasteiger partial charge in [-0.1, -0.05) is 5.16 Å². The minimum atomic E-state index is -4.55. The predicted octanol–water partition coefficient (Wildman–Crippen LogP) is 3.96. The lowest BCUT2D eigenvalue weighted by molar-refractivity contribution is -0.136. The van der Waals surface area contributed by atoms with Gasteiger partial charge in [0.15, 0.2) is 0 Å². The summed E-state index contributed by atoms with van der Waals surface area (Å²) in [5, 5.41) is 3.80. The first kappa shape index (κ1) is 18.4. The van der Waals surface area contributed by atoms with Gasteiger partial charge in [-0.2, -0.15) is 13.2 Å². The van der Waals surface area contributed by atoms with E-state index in [1.54, 1.807) is 23.2 Å². The topological polar surface area (TPSA) is 72.1 Å². The molecule has 0 N–H and O–H groups in total. The smallest absolute Gasteiger partial charge is 0.338 e. The van der Waals surface area contributed by atoms with Crippen molar-refractivity contribution in [2.75, 3.05) is 13.1 Å². The number of carbonyl (C=O) groups is 1. The van der Waals surface area contributed by atoms with Crippen LogP contribution in [-0.2, 0) is 6.18 Å². The van der Waals surface area contributed by atoms with Gasteiger partial charge in [0.1, 0.15) is 0 Å². The van der Waals surface area contributed by atoms with Crippen LogP contribution in [0.2, 0.25) is 0 Å². The van der Waals surface area contributed by atoms with Crippen molar-refractivity contribution in [2.24, 2.45) is 0 Å². The Morgan fingerprint density at radius 2 is 2.18 bits per heavy atom. The molecule has 1 aliphatic rings. The average molecular weight is 390 g/mol. The normalized spacial score (nSPS) is 17.9. The zero-order valence-electron chi connectivity index (χ0n) is 15.0. The van der Waals surface area contributed by atoms with E-state index in [0.717, 1.165) is 6.07 Å². The molecule has 9 heteroatoms. The van der Waals surface area contributed by atoms with Crippen LogP contribution in [0.15, 0.2) is 35.1 Å². The predicted molar refractivity (Wildman–Crippen MR) is 93.7 cm³/mol. The molecule has 28 heavy (non-hydrogen) atoms. The zero-order valence-corrected chi connectivity index (χ0v) is 15.0. The van der Waals surface area contributed by atoms with E-state index in [1.807, 2.05) is 0 Å². The van der Waals surface area contributed by atoms with Crippen molar-refractivity contribution in [2.45, 2.75) is 31.9 Å². The number of fused-ring (bicyclic) bond motifs is 1. The number of hydrogen-bond donors (Lipinski definition) is 0. The fraction of sp³-hybridized carbons (Fsp3) is 0.368. The van der Waals surface area contributed by atoms with Crippen LogP contribution in [0.1, 0.15) is 46.1 Å². The molecule has 3 aromatic heterocycles. The summed E-state index contributed by atoms with van der Waals surface area (Å²) >= 11 is 0. The molecule has 1 atom stereocenters. The molecule has 0 aromatic carbocycles. The fourth-order valence-corrected chi connectivity index (χ4v) is 3.66. The van der Waals surface area contributed by atoms with Gasteiger partial charge in [-0.25, -0.2) is 4.98 Å². The summed E-state index contributed by atoms with van der Waals surface area (Å²) in [5.74, 6) is -0.558. The molecule has 0 spiro atoms. The average Bonchev–Trinajstić information content (AvgIpc) is 3.10. The number of nitrogens with zero attached hydrogens (tertiary/aromatic N) is 4. The lowest BCUT2D eigenvalue weighted by Crippen LogP contribution is -2.39. The molecule has 1 aliphatic heterocycles. The van der Waals surface area contributed by atoms with Gasteiger partial charge in [-0.15, -0.1) is 0 Å². The van der Waals surface area contributed by atoms with Gasteiger partial charge in [0.05, 0.1) is 22.2 Å². The summed E-state index contributed by atoms with van der Waals surface area (Å²) in [7, 11) is 0. The van der Waals surface area contributed by atoms with Crippen LogP contribution in [0.3, 0.4) is 0 Å². The van der Waals surface area contributed by atoms with Gasteiger partial charge >= 0.3 is 6.18 Å². The highest BCUT2D eigenvalue weighted by molar-refractivity contribution is 5.94. The van der Waals surface area contributed by atoms with Gasteiger partial charge < -0.3 is 9.42 Å². The molecule has 0 saturated carbocycles. The second-order valence-corrected chi connectivity index (χ2v) is 6.89. The third-order valence-corrected chi connectivity index (χ3v) is 4.91. The lowest BCUT2D eigenvalue weighted by atomic mass is 9.91. The van der Waals surface area contributed by atoms with E-state index in [1.165, 1.54) is 13.1 Å². The largest absolute Gasteiger partial charge is 0.417 e. The van der Waals surface area contributed by atoms with Crippen molar-refractivity contribution in [1.82, 2.24) is 20.0 Å². The first-order valence-electron chi connectivity index (χ1n) is 8.88. The molecule has 4 rings (SSSR count). The van der Waals surface area contributed by atoms with Crippen LogP contribution in [0.4, 0.5) is 13.2 Å². The van der Waals surface area contributed by atoms with Crippen LogP contribution in [0, 0.1) is 6.92 Å². The monoisotopic (exact) mass is 390 g/mol. The molecule has 0 unspecified atom stereocenters. The Labute approximate surface area is 158 Å². The number of piperidine rings is 1. The summed E-state index contributed by atoms with van der Waals surface area (Å²) < 4.78 is 45.9. The van der Waals surface area contributed by atoms with Gasteiger partial charge in [-0.3, -0.25) is 9.78 Å². The highest BCUT2D eigenvalue weighted by Gasteiger charge is 2.38. The minimum absolute atomic E-state index is 0.112. The van der Waals surface area contributed by atoms with Crippen LogP contribution in [0.5, 0.6) is 0 Å². The van der Waals surface area contributed by atoms with Crippen molar-refractivity contribution in [1.29, 1.82) is 0 Å². The number of carbonyl (C=O) groups excluding carboxylic acids is 1. The van der Waals surface area contributed by atoms with Crippen molar-refractivity contribution >= 4 is 17.0 Å². The summed E-state index contributed by atoms with van der Waals surface area (Å²) in [5.41, 5.74) is -0.0699. The number of pyridine rings is 2. The number of amides is 1. The molecule has 0 aliphatic carbocycles. The Morgan fingerprint density at radius 3 is 2.89 bits per heavy atom. The standard InChI is InChI=1S/C19H17F3N4O2/c1-11-8-14(19(20,21)22)15-16(25-28-17(15)24-11)13-5-3-7-26(10-13)18(27)12-4-2-6-23-9-12/h2,4,6,8-9,13H,3,5,7,10H2,1H3/t13-/m0/s1. The third kappa shape index (κ3) is 3.32. The second-order valence-electron chi connectivity index (χ2n) is 6.89. The Bertz CT molecular complexity index is 1020. The lowest BCUT2D eigenvalue weighted by Gasteiger charge is -2.32. The summed E-state index contributed by atoms with van der Waals surface area (Å²) in [6, 6.07) is 4.34. The number of aryl methyl sites for hydroxylation is 1. The van der Waals surface area contributed by atoms with E-state index in [0.29, 0.717) is 24.9 Å². The zero-order chi connectivity index (χ0) is 19.9. The number of alkyl halides is 3. The Morgan fingerprint density at radius 1 is 1.36 bits per heavy atom. The SMILES string of the molecule is Cc1cc(C(F)(F)F)c2c([C@H]3CCCN(C(=O)c4cccnc4)C3)noc2n1. The molecule has 4 heterocycles. The molecule has 6 nitrogen and oxygen atoms in total. The van der Waals surface area contributed by atoms with Crippen molar-refractivity contribution in [3.63, 3.8) is 0 Å². The quantitative estimate of drug-likeness (QED) is 0.662. The molecular weight excluding hydrogens is 373 g/mol. The van der Waals surface area contributed by atoms with E-state index in [4.69, 9.17) is 4.52 Å². The Hall–Kier alpha value is -2.97. The molecule has 0 bridgehead atoms.